The predicted octanol–water partition coefficient (Wildman–Crippen LogP) is 3.89. The van der Waals surface area contributed by atoms with Gasteiger partial charge in [0.25, 0.3) is 5.91 Å². The third-order valence-corrected chi connectivity index (χ3v) is 3.64. The zero-order valence-corrected chi connectivity index (χ0v) is 14.8. The first-order chi connectivity index (χ1) is 12.0. The Kier molecular flexibility index (Phi) is 6.57. The maximum absolute atomic E-state index is 12.1. The lowest BCUT2D eigenvalue weighted by Gasteiger charge is -2.12. The molecule has 2 rings (SSSR count). The van der Waals surface area contributed by atoms with E-state index in [-0.39, 0.29) is 18.5 Å². The third kappa shape index (κ3) is 5.35. The van der Waals surface area contributed by atoms with E-state index in [0.29, 0.717) is 17.9 Å². The third-order valence-electron chi connectivity index (χ3n) is 3.64. The summed E-state index contributed by atoms with van der Waals surface area (Å²) < 4.78 is 10.5. The van der Waals surface area contributed by atoms with Gasteiger partial charge >= 0.3 is 5.97 Å². The van der Waals surface area contributed by atoms with Crippen LogP contribution in [0.2, 0.25) is 0 Å². The Morgan fingerprint density at radius 2 is 1.64 bits per heavy atom. The Bertz CT molecular complexity index is 718. The highest BCUT2D eigenvalue weighted by Crippen LogP contribution is 2.19. The molecule has 0 spiro atoms. The number of rotatable bonds is 7. The zero-order valence-electron chi connectivity index (χ0n) is 14.8. The summed E-state index contributed by atoms with van der Waals surface area (Å²) in [5.74, 6) is -0.0753. The molecule has 0 atom stereocenters. The molecule has 0 radical (unpaired) electrons. The highest BCUT2D eigenvalue weighted by atomic mass is 16.5. The number of carbonyl (C=O) groups excluding carboxylic acids is 2. The molecule has 0 aliphatic rings. The van der Waals surface area contributed by atoms with E-state index < -0.39 is 0 Å². The van der Waals surface area contributed by atoms with Gasteiger partial charge in [-0.2, -0.15) is 0 Å². The van der Waals surface area contributed by atoms with E-state index in [1.165, 1.54) is 0 Å². The lowest BCUT2D eigenvalue weighted by atomic mass is 10.1. The molecule has 1 amide bonds. The van der Waals surface area contributed by atoms with Crippen molar-refractivity contribution in [2.75, 3.05) is 18.5 Å². The van der Waals surface area contributed by atoms with Gasteiger partial charge in [0.2, 0.25) is 0 Å². The Morgan fingerprint density at radius 3 is 2.24 bits per heavy atom. The van der Waals surface area contributed by atoms with E-state index in [1.807, 2.05) is 39.0 Å². The number of para-hydroxylation sites is 1. The lowest BCUT2D eigenvalue weighted by molar-refractivity contribution is -0.118. The van der Waals surface area contributed by atoms with Crippen LogP contribution in [-0.4, -0.2) is 25.1 Å². The number of hydrogen-bond acceptors (Lipinski definition) is 4. The summed E-state index contributed by atoms with van der Waals surface area (Å²) in [6.45, 7) is 6.12. The number of carbonyl (C=O) groups is 2. The summed E-state index contributed by atoms with van der Waals surface area (Å²) in [7, 11) is 0. The highest BCUT2D eigenvalue weighted by molar-refractivity contribution is 5.93. The second-order valence-corrected chi connectivity index (χ2v) is 5.76. The second kappa shape index (κ2) is 8.87. The molecule has 2 aromatic carbocycles. The van der Waals surface area contributed by atoms with Crippen molar-refractivity contribution in [1.29, 1.82) is 0 Å². The smallest absolute Gasteiger partial charge is 0.338 e. The molecule has 0 unspecified atom stereocenters. The lowest BCUT2D eigenvalue weighted by Crippen LogP contribution is -2.21. The van der Waals surface area contributed by atoms with Gasteiger partial charge in [0.05, 0.1) is 12.2 Å². The van der Waals surface area contributed by atoms with Crippen LogP contribution in [0.3, 0.4) is 0 Å². The van der Waals surface area contributed by atoms with E-state index in [0.717, 1.165) is 23.2 Å². The van der Waals surface area contributed by atoms with Crippen LogP contribution in [0, 0.1) is 13.8 Å². The van der Waals surface area contributed by atoms with Crippen molar-refractivity contribution in [2.24, 2.45) is 0 Å². The first kappa shape index (κ1) is 18.5. The number of nitrogens with one attached hydrogen (secondary N) is 1. The Morgan fingerprint density at radius 1 is 1.00 bits per heavy atom. The molecule has 2 aromatic rings. The number of esters is 1. The molecule has 25 heavy (non-hydrogen) atoms. The molecule has 5 nitrogen and oxygen atoms in total. The molecule has 5 heteroatoms. The molecule has 0 heterocycles. The maximum atomic E-state index is 12.1. The zero-order chi connectivity index (χ0) is 18.2. The Balaban J connectivity index is 1.88. The number of benzene rings is 2. The quantitative estimate of drug-likeness (QED) is 0.776. The van der Waals surface area contributed by atoms with Gasteiger partial charge in [-0.15, -0.1) is 0 Å². The number of anilines is 1. The summed E-state index contributed by atoms with van der Waals surface area (Å²) in [4.78, 5) is 23.8. The summed E-state index contributed by atoms with van der Waals surface area (Å²) in [6, 6.07) is 12.4. The first-order valence-electron chi connectivity index (χ1n) is 8.27. The molecule has 0 bridgehead atoms. The van der Waals surface area contributed by atoms with Gasteiger partial charge in [-0.3, -0.25) is 4.79 Å². The van der Waals surface area contributed by atoms with Gasteiger partial charge in [0.15, 0.2) is 6.61 Å². The van der Waals surface area contributed by atoms with Crippen molar-refractivity contribution >= 4 is 17.6 Å². The number of aryl methyl sites for hydroxylation is 2. The highest BCUT2D eigenvalue weighted by Gasteiger charge is 2.09. The minimum absolute atomic E-state index is 0.104. The average Bonchev–Trinajstić information content (AvgIpc) is 2.61. The normalized spacial score (nSPS) is 10.2. The van der Waals surface area contributed by atoms with Gasteiger partial charge in [0, 0.05) is 5.69 Å². The van der Waals surface area contributed by atoms with E-state index in [1.54, 1.807) is 24.3 Å². The van der Waals surface area contributed by atoms with E-state index in [2.05, 4.69) is 5.32 Å². The summed E-state index contributed by atoms with van der Waals surface area (Å²) in [5, 5.41) is 2.86. The van der Waals surface area contributed by atoms with Crippen molar-refractivity contribution in [3.05, 3.63) is 59.2 Å². The Labute approximate surface area is 148 Å². The molecule has 1 N–H and O–H groups in total. The van der Waals surface area contributed by atoms with Crippen molar-refractivity contribution in [3.8, 4) is 5.75 Å². The molecule has 0 aliphatic heterocycles. The van der Waals surface area contributed by atoms with Crippen molar-refractivity contribution in [2.45, 2.75) is 27.2 Å². The molecule has 0 saturated carbocycles. The van der Waals surface area contributed by atoms with Crippen molar-refractivity contribution < 1.29 is 19.1 Å². The van der Waals surface area contributed by atoms with Gasteiger partial charge in [-0.25, -0.2) is 4.79 Å². The number of amides is 1. The molecule has 0 saturated heterocycles. The van der Waals surface area contributed by atoms with Crippen LogP contribution in [0.1, 0.15) is 34.8 Å². The van der Waals surface area contributed by atoms with Crippen molar-refractivity contribution in [3.63, 3.8) is 0 Å². The fourth-order valence-electron chi connectivity index (χ4n) is 2.30. The van der Waals surface area contributed by atoms with Gasteiger partial charge in [-0.05, 0) is 55.7 Å². The number of hydrogen-bond donors (Lipinski definition) is 1. The first-order valence-corrected chi connectivity index (χ1v) is 8.27. The maximum Gasteiger partial charge on any atom is 0.338 e. The molecular formula is C20H23NO4. The van der Waals surface area contributed by atoms with Crippen LogP contribution >= 0.6 is 0 Å². The minimum atomic E-state index is -0.360. The SMILES string of the molecule is CCCOC(=O)c1ccc(OCC(=O)Nc2c(C)cccc2C)cc1. The summed E-state index contributed by atoms with van der Waals surface area (Å²) >= 11 is 0. The van der Waals surface area contributed by atoms with Crippen LogP contribution in [0.25, 0.3) is 0 Å². The van der Waals surface area contributed by atoms with Crippen LogP contribution < -0.4 is 10.1 Å². The standard InChI is InChI=1S/C20H23NO4/c1-4-12-24-20(23)16-8-10-17(11-9-16)25-13-18(22)21-19-14(2)6-5-7-15(19)3/h5-11H,4,12-13H2,1-3H3,(H,21,22). The van der Waals surface area contributed by atoms with Crippen LogP contribution in [0.5, 0.6) is 5.75 Å². The monoisotopic (exact) mass is 341 g/mol. The average molecular weight is 341 g/mol. The predicted molar refractivity (Wildman–Crippen MR) is 97.1 cm³/mol. The largest absolute Gasteiger partial charge is 0.484 e. The van der Waals surface area contributed by atoms with Gasteiger partial charge in [-0.1, -0.05) is 25.1 Å². The molecule has 0 fully saturated rings. The topological polar surface area (TPSA) is 64.6 Å². The van der Waals surface area contributed by atoms with Crippen molar-refractivity contribution in [1.82, 2.24) is 0 Å². The second-order valence-electron chi connectivity index (χ2n) is 5.76. The Hall–Kier alpha value is -2.82. The number of ether oxygens (including phenoxy) is 2. The molecular weight excluding hydrogens is 318 g/mol. The summed E-state index contributed by atoms with van der Waals surface area (Å²) in [5.41, 5.74) is 3.28. The minimum Gasteiger partial charge on any atom is -0.484 e. The molecule has 132 valence electrons. The fourth-order valence-corrected chi connectivity index (χ4v) is 2.30. The van der Waals surface area contributed by atoms with E-state index >= 15 is 0 Å². The fraction of sp³-hybridized carbons (Fsp3) is 0.300. The van der Waals surface area contributed by atoms with Crippen LogP contribution in [0.15, 0.2) is 42.5 Å². The van der Waals surface area contributed by atoms with Crippen LogP contribution in [0.4, 0.5) is 5.69 Å². The van der Waals surface area contributed by atoms with Gasteiger partial charge in [0.1, 0.15) is 5.75 Å². The van der Waals surface area contributed by atoms with Gasteiger partial charge < -0.3 is 14.8 Å². The van der Waals surface area contributed by atoms with Crippen LogP contribution in [-0.2, 0) is 9.53 Å². The van der Waals surface area contributed by atoms with E-state index in [9.17, 15) is 9.59 Å². The molecule has 0 aromatic heterocycles. The summed E-state index contributed by atoms with van der Waals surface area (Å²) in [6.07, 6.45) is 0.780. The molecule has 0 aliphatic carbocycles. The van der Waals surface area contributed by atoms with E-state index in [4.69, 9.17) is 9.47 Å².